The third kappa shape index (κ3) is 4.95. The van der Waals surface area contributed by atoms with E-state index in [9.17, 15) is 4.79 Å². The molecule has 3 N–H and O–H groups in total. The molecular formula is C15H14BrClN2O2. The first kappa shape index (κ1) is 15.7. The number of benzene rings is 2. The molecule has 0 fully saturated rings. The molecule has 0 aliphatic rings. The first-order chi connectivity index (χ1) is 10.0. The highest BCUT2D eigenvalue weighted by Crippen LogP contribution is 2.23. The molecule has 6 heteroatoms. The van der Waals surface area contributed by atoms with Crippen LogP contribution in [0, 0.1) is 0 Å². The van der Waals surface area contributed by atoms with Gasteiger partial charge in [-0.05, 0) is 42.0 Å². The van der Waals surface area contributed by atoms with Crippen LogP contribution in [-0.2, 0) is 11.3 Å². The Hall–Kier alpha value is -1.72. The summed E-state index contributed by atoms with van der Waals surface area (Å²) in [6.45, 7) is 0.495. The van der Waals surface area contributed by atoms with Crippen molar-refractivity contribution in [2.45, 2.75) is 6.54 Å². The summed E-state index contributed by atoms with van der Waals surface area (Å²) in [5, 5.41) is 3.97. The highest BCUT2D eigenvalue weighted by Gasteiger charge is 2.02. The summed E-state index contributed by atoms with van der Waals surface area (Å²) in [5.41, 5.74) is 6.95. The fourth-order valence-corrected chi connectivity index (χ4v) is 2.43. The molecule has 0 saturated carbocycles. The normalized spacial score (nSPS) is 10.2. The van der Waals surface area contributed by atoms with Gasteiger partial charge in [0.05, 0.1) is 0 Å². The molecule has 0 spiro atoms. The Morgan fingerprint density at radius 2 is 1.95 bits per heavy atom. The van der Waals surface area contributed by atoms with Crippen LogP contribution in [0.2, 0.25) is 5.02 Å². The third-order valence-electron chi connectivity index (χ3n) is 2.73. The number of carbonyl (C=O) groups excluding carboxylic acids is 1. The van der Waals surface area contributed by atoms with Crippen molar-refractivity contribution in [2.75, 3.05) is 11.9 Å². The maximum Gasteiger partial charge on any atom is 0.255 e. The molecule has 2 aromatic rings. The van der Waals surface area contributed by atoms with Gasteiger partial charge in [-0.15, -0.1) is 0 Å². The standard InChI is InChI=1S/C15H14BrClN2O2/c16-11-2-1-10(14(17)7-11)8-19-12-3-5-13(6-4-12)21-9-15(18)20/h1-7,19H,8-9H2,(H2,18,20). The molecule has 2 aromatic carbocycles. The van der Waals surface area contributed by atoms with E-state index < -0.39 is 5.91 Å². The second-order valence-electron chi connectivity index (χ2n) is 4.37. The Balaban J connectivity index is 1.92. The average molecular weight is 370 g/mol. The molecule has 0 aliphatic carbocycles. The van der Waals surface area contributed by atoms with Crippen LogP contribution in [0.5, 0.6) is 5.75 Å². The van der Waals surface area contributed by atoms with E-state index >= 15 is 0 Å². The molecule has 0 bridgehead atoms. The number of primary amides is 1. The van der Waals surface area contributed by atoms with Crippen LogP contribution in [0.4, 0.5) is 5.69 Å². The van der Waals surface area contributed by atoms with E-state index in [0.717, 1.165) is 15.7 Å². The van der Waals surface area contributed by atoms with E-state index in [-0.39, 0.29) is 6.61 Å². The predicted molar refractivity (Wildman–Crippen MR) is 87.6 cm³/mol. The molecule has 2 rings (SSSR count). The molecule has 21 heavy (non-hydrogen) atoms. The van der Waals surface area contributed by atoms with E-state index in [1.807, 2.05) is 30.3 Å². The van der Waals surface area contributed by atoms with E-state index in [1.165, 1.54) is 0 Å². The summed E-state index contributed by atoms with van der Waals surface area (Å²) < 4.78 is 6.14. The summed E-state index contributed by atoms with van der Waals surface area (Å²) in [4.78, 5) is 10.6. The van der Waals surface area contributed by atoms with Gasteiger partial charge in [0.1, 0.15) is 5.75 Å². The van der Waals surface area contributed by atoms with Crippen LogP contribution >= 0.6 is 27.5 Å². The summed E-state index contributed by atoms with van der Waals surface area (Å²) in [6.07, 6.45) is 0. The Bertz CT molecular complexity index is 632. The van der Waals surface area contributed by atoms with Crippen LogP contribution in [-0.4, -0.2) is 12.5 Å². The van der Waals surface area contributed by atoms with Crippen LogP contribution in [0.25, 0.3) is 0 Å². The second kappa shape index (κ2) is 7.33. The SMILES string of the molecule is NC(=O)COc1ccc(NCc2ccc(Br)cc2Cl)cc1. The van der Waals surface area contributed by atoms with Gasteiger partial charge in [0.2, 0.25) is 0 Å². The third-order valence-corrected chi connectivity index (χ3v) is 3.58. The Kier molecular flexibility index (Phi) is 5.47. The van der Waals surface area contributed by atoms with Gasteiger partial charge in [0, 0.05) is 21.7 Å². The number of amides is 1. The molecule has 4 nitrogen and oxygen atoms in total. The minimum absolute atomic E-state index is 0.124. The Labute approximate surface area is 136 Å². The zero-order chi connectivity index (χ0) is 15.2. The van der Waals surface area contributed by atoms with Crippen LogP contribution in [0.3, 0.4) is 0 Å². The zero-order valence-corrected chi connectivity index (χ0v) is 13.4. The van der Waals surface area contributed by atoms with Crippen LogP contribution in [0.1, 0.15) is 5.56 Å². The van der Waals surface area contributed by atoms with Gasteiger partial charge in [0.15, 0.2) is 6.61 Å². The number of nitrogens with one attached hydrogen (secondary N) is 1. The summed E-state index contributed by atoms with van der Waals surface area (Å²) in [5.74, 6) is 0.100. The van der Waals surface area contributed by atoms with Crippen molar-refractivity contribution in [1.82, 2.24) is 0 Å². The van der Waals surface area contributed by atoms with Crippen molar-refractivity contribution in [1.29, 1.82) is 0 Å². The molecule has 110 valence electrons. The number of carbonyl (C=O) groups is 1. The van der Waals surface area contributed by atoms with Crippen molar-refractivity contribution >= 4 is 39.1 Å². The van der Waals surface area contributed by atoms with Gasteiger partial charge < -0.3 is 15.8 Å². The lowest BCUT2D eigenvalue weighted by Crippen LogP contribution is -2.19. The van der Waals surface area contributed by atoms with E-state index in [0.29, 0.717) is 17.3 Å². The molecule has 0 saturated heterocycles. The number of ether oxygens (including phenoxy) is 1. The van der Waals surface area contributed by atoms with Gasteiger partial charge >= 0.3 is 0 Å². The first-order valence-corrected chi connectivity index (χ1v) is 7.40. The molecule has 0 atom stereocenters. The largest absolute Gasteiger partial charge is 0.484 e. The van der Waals surface area contributed by atoms with E-state index in [2.05, 4.69) is 21.2 Å². The zero-order valence-electron chi connectivity index (χ0n) is 11.1. The van der Waals surface area contributed by atoms with Crippen molar-refractivity contribution in [3.05, 3.63) is 57.5 Å². The molecule has 1 amide bonds. The molecule has 0 unspecified atom stereocenters. The summed E-state index contributed by atoms with van der Waals surface area (Å²) >= 11 is 9.53. The van der Waals surface area contributed by atoms with Gasteiger partial charge in [-0.2, -0.15) is 0 Å². The van der Waals surface area contributed by atoms with Crippen LogP contribution < -0.4 is 15.8 Å². The van der Waals surface area contributed by atoms with E-state index in [4.69, 9.17) is 22.1 Å². The van der Waals surface area contributed by atoms with Crippen molar-refractivity contribution < 1.29 is 9.53 Å². The molecule has 0 radical (unpaired) electrons. The van der Waals surface area contributed by atoms with Gasteiger partial charge in [-0.25, -0.2) is 0 Å². The van der Waals surface area contributed by atoms with Crippen LogP contribution in [0.15, 0.2) is 46.9 Å². The summed E-state index contributed by atoms with van der Waals surface area (Å²) in [7, 11) is 0. The first-order valence-electron chi connectivity index (χ1n) is 6.23. The highest BCUT2D eigenvalue weighted by atomic mass is 79.9. The van der Waals surface area contributed by atoms with Gasteiger partial charge in [-0.1, -0.05) is 33.6 Å². The highest BCUT2D eigenvalue weighted by molar-refractivity contribution is 9.10. The average Bonchev–Trinajstić information content (AvgIpc) is 2.45. The quantitative estimate of drug-likeness (QED) is 0.818. The van der Waals surface area contributed by atoms with Gasteiger partial charge in [-0.3, -0.25) is 4.79 Å². The molecule has 0 aliphatic heterocycles. The number of nitrogens with two attached hydrogens (primary N) is 1. The number of rotatable bonds is 6. The predicted octanol–water partition coefficient (Wildman–Crippen LogP) is 3.58. The van der Waals surface area contributed by atoms with Crippen molar-refractivity contribution in [2.24, 2.45) is 5.73 Å². The number of halogens is 2. The topological polar surface area (TPSA) is 64.4 Å². The van der Waals surface area contributed by atoms with Gasteiger partial charge in [0.25, 0.3) is 5.91 Å². The summed E-state index contributed by atoms with van der Waals surface area (Å²) in [6, 6.07) is 13.0. The maximum atomic E-state index is 10.6. The maximum absolute atomic E-state index is 10.6. The number of anilines is 1. The van der Waals surface area contributed by atoms with Crippen molar-refractivity contribution in [3.63, 3.8) is 0 Å². The minimum atomic E-state index is -0.498. The Morgan fingerprint density at radius 3 is 2.57 bits per heavy atom. The number of hydrogen-bond acceptors (Lipinski definition) is 3. The fourth-order valence-electron chi connectivity index (χ4n) is 1.69. The lowest BCUT2D eigenvalue weighted by molar-refractivity contribution is -0.119. The fraction of sp³-hybridized carbons (Fsp3) is 0.133. The molecule has 0 aromatic heterocycles. The molecule has 0 heterocycles. The monoisotopic (exact) mass is 368 g/mol. The lowest BCUT2D eigenvalue weighted by atomic mass is 10.2. The molecular weight excluding hydrogens is 356 g/mol. The number of hydrogen-bond donors (Lipinski definition) is 2. The minimum Gasteiger partial charge on any atom is -0.484 e. The smallest absolute Gasteiger partial charge is 0.255 e. The van der Waals surface area contributed by atoms with E-state index in [1.54, 1.807) is 12.1 Å². The Morgan fingerprint density at radius 1 is 1.24 bits per heavy atom. The lowest BCUT2D eigenvalue weighted by Gasteiger charge is -2.09. The van der Waals surface area contributed by atoms with Crippen molar-refractivity contribution in [3.8, 4) is 5.75 Å². The second-order valence-corrected chi connectivity index (χ2v) is 5.69.